The van der Waals surface area contributed by atoms with Crippen LogP contribution in [0, 0.1) is 5.41 Å². The zero-order valence-corrected chi connectivity index (χ0v) is 10.0. The zero-order chi connectivity index (χ0) is 12.9. The minimum absolute atomic E-state index is 0.125. The van der Waals surface area contributed by atoms with Gasteiger partial charge in [0.25, 0.3) is 0 Å². The monoisotopic (exact) mass is 239 g/mol. The molecule has 0 aliphatic carbocycles. The van der Waals surface area contributed by atoms with Gasteiger partial charge in [-0.25, -0.2) is 0 Å². The van der Waals surface area contributed by atoms with E-state index in [-0.39, 0.29) is 18.9 Å². The molecule has 0 spiro atoms. The predicted molar refractivity (Wildman–Crippen MR) is 61.3 cm³/mol. The molecule has 1 rings (SSSR count). The van der Waals surface area contributed by atoms with Crippen LogP contribution in [0.25, 0.3) is 0 Å². The average molecular weight is 239 g/mol. The fourth-order valence-corrected chi connectivity index (χ4v) is 1.13. The van der Waals surface area contributed by atoms with Gasteiger partial charge in [0.2, 0.25) is 5.91 Å². The zero-order valence-electron chi connectivity index (χ0n) is 10.0. The van der Waals surface area contributed by atoms with Crippen LogP contribution in [-0.4, -0.2) is 33.3 Å². The molecule has 0 radical (unpaired) electrons. The van der Waals surface area contributed by atoms with Crippen LogP contribution in [-0.2, 0) is 16.1 Å². The Morgan fingerprint density at radius 3 is 2.71 bits per heavy atom. The van der Waals surface area contributed by atoms with E-state index >= 15 is 0 Å². The van der Waals surface area contributed by atoms with Crippen LogP contribution in [0.4, 0.5) is 0 Å². The summed E-state index contributed by atoms with van der Waals surface area (Å²) < 4.78 is 1.65. The number of hydrogen-bond acceptors (Lipinski definition) is 3. The van der Waals surface area contributed by atoms with Crippen molar-refractivity contribution in [1.29, 1.82) is 0 Å². The summed E-state index contributed by atoms with van der Waals surface area (Å²) in [5, 5.41) is 15.4. The number of carbonyl (C=O) groups is 2. The SMILES string of the molecule is CC(C)(CNC(=O)CCn1cccn1)C(=O)O. The lowest BCUT2D eigenvalue weighted by atomic mass is 9.94. The van der Waals surface area contributed by atoms with Gasteiger partial charge in [0.1, 0.15) is 0 Å². The first-order valence-electron chi connectivity index (χ1n) is 5.39. The molecular formula is C11H17N3O3. The molecule has 2 N–H and O–H groups in total. The minimum atomic E-state index is -0.943. The lowest BCUT2D eigenvalue weighted by molar-refractivity contribution is -0.146. The number of aliphatic carboxylic acids is 1. The van der Waals surface area contributed by atoms with Crippen molar-refractivity contribution in [3.05, 3.63) is 18.5 Å². The molecule has 0 saturated heterocycles. The summed E-state index contributed by atoms with van der Waals surface area (Å²) in [4.78, 5) is 22.3. The molecule has 1 aromatic rings. The van der Waals surface area contributed by atoms with E-state index in [2.05, 4.69) is 10.4 Å². The third-order valence-electron chi connectivity index (χ3n) is 2.43. The molecule has 0 unspecified atom stereocenters. The van der Waals surface area contributed by atoms with Crippen LogP contribution in [0.3, 0.4) is 0 Å². The maximum absolute atomic E-state index is 11.5. The number of nitrogens with zero attached hydrogens (tertiary/aromatic N) is 2. The number of nitrogens with one attached hydrogen (secondary N) is 1. The van der Waals surface area contributed by atoms with Gasteiger partial charge in [0.15, 0.2) is 0 Å². The highest BCUT2D eigenvalue weighted by atomic mass is 16.4. The Hall–Kier alpha value is -1.85. The molecule has 1 amide bonds. The van der Waals surface area contributed by atoms with Gasteiger partial charge in [-0.2, -0.15) is 5.10 Å². The molecular weight excluding hydrogens is 222 g/mol. The highest BCUT2D eigenvalue weighted by Crippen LogP contribution is 2.12. The molecule has 0 atom stereocenters. The Kier molecular flexibility index (Phi) is 4.25. The van der Waals surface area contributed by atoms with Gasteiger partial charge in [-0.15, -0.1) is 0 Å². The third kappa shape index (κ3) is 4.26. The van der Waals surface area contributed by atoms with E-state index in [0.717, 1.165) is 0 Å². The first-order valence-corrected chi connectivity index (χ1v) is 5.39. The van der Waals surface area contributed by atoms with Crippen molar-refractivity contribution in [3.63, 3.8) is 0 Å². The number of amides is 1. The summed E-state index contributed by atoms with van der Waals surface area (Å²) in [5.74, 6) is -1.10. The smallest absolute Gasteiger partial charge is 0.310 e. The van der Waals surface area contributed by atoms with Gasteiger partial charge in [-0.1, -0.05) is 0 Å². The second kappa shape index (κ2) is 5.47. The summed E-state index contributed by atoms with van der Waals surface area (Å²) in [7, 11) is 0. The number of carboxylic acids is 1. The Bertz CT molecular complexity index is 385. The molecule has 1 heterocycles. The maximum atomic E-state index is 11.5. The van der Waals surface area contributed by atoms with Gasteiger partial charge in [-0.05, 0) is 19.9 Å². The van der Waals surface area contributed by atoms with Crippen LogP contribution >= 0.6 is 0 Å². The average Bonchev–Trinajstić information content (AvgIpc) is 2.76. The molecule has 0 bridgehead atoms. The normalized spacial score (nSPS) is 11.2. The molecule has 6 nitrogen and oxygen atoms in total. The van der Waals surface area contributed by atoms with Gasteiger partial charge in [-0.3, -0.25) is 14.3 Å². The van der Waals surface area contributed by atoms with E-state index in [4.69, 9.17) is 5.11 Å². The predicted octanol–water partition coefficient (Wildman–Crippen LogP) is 0.500. The Labute approximate surface area is 99.6 Å². The van der Waals surface area contributed by atoms with Crippen LogP contribution in [0.1, 0.15) is 20.3 Å². The fourth-order valence-electron chi connectivity index (χ4n) is 1.13. The van der Waals surface area contributed by atoms with E-state index in [9.17, 15) is 9.59 Å². The summed E-state index contributed by atoms with van der Waals surface area (Å²) >= 11 is 0. The van der Waals surface area contributed by atoms with E-state index in [1.54, 1.807) is 37.0 Å². The van der Waals surface area contributed by atoms with E-state index in [1.807, 2.05) is 0 Å². The standard InChI is InChI=1S/C11H17N3O3/c1-11(2,10(16)17)8-12-9(15)4-7-14-6-3-5-13-14/h3,5-6H,4,7-8H2,1-2H3,(H,12,15)(H,16,17). The number of carbonyl (C=O) groups excluding carboxylic acids is 1. The first-order chi connectivity index (χ1) is 7.92. The number of aryl methyl sites for hydroxylation is 1. The lowest BCUT2D eigenvalue weighted by Gasteiger charge is -2.19. The minimum Gasteiger partial charge on any atom is -0.481 e. The molecule has 6 heteroatoms. The van der Waals surface area contributed by atoms with E-state index < -0.39 is 11.4 Å². The van der Waals surface area contributed by atoms with Gasteiger partial charge >= 0.3 is 5.97 Å². The Morgan fingerprint density at radius 1 is 1.47 bits per heavy atom. The molecule has 0 aliphatic rings. The number of hydrogen-bond donors (Lipinski definition) is 2. The van der Waals surface area contributed by atoms with Gasteiger partial charge in [0, 0.05) is 31.9 Å². The summed E-state index contributed by atoms with van der Waals surface area (Å²) in [6.07, 6.45) is 3.71. The molecule has 0 aromatic carbocycles. The second-order valence-electron chi connectivity index (χ2n) is 4.48. The van der Waals surface area contributed by atoms with Crippen LogP contribution in [0.5, 0.6) is 0 Å². The lowest BCUT2D eigenvalue weighted by Crippen LogP contribution is -2.39. The quantitative estimate of drug-likeness (QED) is 0.757. The molecule has 0 fully saturated rings. The highest BCUT2D eigenvalue weighted by molar-refractivity contribution is 5.78. The van der Waals surface area contributed by atoms with Crippen LogP contribution in [0.2, 0.25) is 0 Å². The van der Waals surface area contributed by atoms with E-state index in [1.165, 1.54) is 0 Å². The van der Waals surface area contributed by atoms with Crippen molar-refractivity contribution in [1.82, 2.24) is 15.1 Å². The fraction of sp³-hybridized carbons (Fsp3) is 0.545. The van der Waals surface area contributed by atoms with Crippen molar-refractivity contribution in [2.45, 2.75) is 26.8 Å². The number of aromatic nitrogens is 2. The molecule has 0 saturated carbocycles. The van der Waals surface area contributed by atoms with Crippen molar-refractivity contribution in [2.75, 3.05) is 6.54 Å². The Balaban J connectivity index is 2.28. The number of rotatable bonds is 6. The summed E-state index contributed by atoms with van der Waals surface area (Å²) in [6.45, 7) is 3.76. The van der Waals surface area contributed by atoms with Crippen molar-refractivity contribution < 1.29 is 14.7 Å². The molecule has 17 heavy (non-hydrogen) atoms. The molecule has 1 aromatic heterocycles. The van der Waals surface area contributed by atoms with E-state index in [0.29, 0.717) is 6.54 Å². The highest BCUT2D eigenvalue weighted by Gasteiger charge is 2.27. The summed E-state index contributed by atoms with van der Waals surface area (Å²) in [5.41, 5.74) is -0.943. The van der Waals surface area contributed by atoms with Crippen LogP contribution < -0.4 is 5.32 Å². The number of carboxylic acid groups (broad SMARTS) is 1. The van der Waals surface area contributed by atoms with Gasteiger partial charge in [0.05, 0.1) is 5.41 Å². The Morgan fingerprint density at radius 2 is 2.18 bits per heavy atom. The second-order valence-corrected chi connectivity index (χ2v) is 4.48. The third-order valence-corrected chi connectivity index (χ3v) is 2.43. The van der Waals surface area contributed by atoms with Crippen molar-refractivity contribution in [2.24, 2.45) is 5.41 Å². The van der Waals surface area contributed by atoms with Gasteiger partial charge < -0.3 is 10.4 Å². The van der Waals surface area contributed by atoms with Crippen molar-refractivity contribution >= 4 is 11.9 Å². The molecule has 0 aliphatic heterocycles. The molecule has 94 valence electrons. The van der Waals surface area contributed by atoms with Crippen molar-refractivity contribution in [3.8, 4) is 0 Å². The first kappa shape index (κ1) is 13.2. The topological polar surface area (TPSA) is 84.2 Å². The van der Waals surface area contributed by atoms with Crippen LogP contribution in [0.15, 0.2) is 18.5 Å². The largest absolute Gasteiger partial charge is 0.481 e. The summed E-state index contributed by atoms with van der Waals surface area (Å²) in [6, 6.07) is 1.78. The maximum Gasteiger partial charge on any atom is 0.310 e.